The summed E-state index contributed by atoms with van der Waals surface area (Å²) in [6.45, 7) is 7.29. The zero-order valence-electron chi connectivity index (χ0n) is 14.8. The number of hydrogen-bond acceptors (Lipinski definition) is 4. The maximum Gasteiger partial charge on any atom is 0.244 e. The van der Waals surface area contributed by atoms with Gasteiger partial charge in [-0.05, 0) is 39.3 Å². The van der Waals surface area contributed by atoms with Gasteiger partial charge >= 0.3 is 0 Å². The van der Waals surface area contributed by atoms with Crippen molar-refractivity contribution >= 4 is 23.0 Å². The molecule has 1 aliphatic heterocycles. The van der Waals surface area contributed by atoms with E-state index in [2.05, 4.69) is 51.4 Å². The number of nitrogens with one attached hydrogen (secondary N) is 2. The molecule has 0 fully saturated rings. The molecule has 6 nitrogen and oxygen atoms in total. The number of carbonyl (C=O) groups excluding carboxylic acids is 1. The second kappa shape index (κ2) is 6.55. The second-order valence-electron chi connectivity index (χ2n) is 6.53. The third kappa shape index (κ3) is 3.09. The van der Waals surface area contributed by atoms with Crippen LogP contribution in [0.3, 0.4) is 0 Å². The van der Waals surface area contributed by atoms with Crippen LogP contribution in [-0.2, 0) is 4.79 Å². The highest BCUT2D eigenvalue weighted by Crippen LogP contribution is 2.33. The van der Waals surface area contributed by atoms with E-state index in [1.54, 1.807) is 0 Å². The molecule has 1 aromatic carbocycles. The van der Waals surface area contributed by atoms with Crippen LogP contribution in [0.1, 0.15) is 24.7 Å². The third-order valence-corrected chi connectivity index (χ3v) is 4.72. The quantitative estimate of drug-likeness (QED) is 0.910. The summed E-state index contributed by atoms with van der Waals surface area (Å²) in [5.74, 6) is -0.0196. The first-order chi connectivity index (χ1) is 11.5. The third-order valence-electron chi connectivity index (χ3n) is 4.72. The number of para-hydroxylation sites is 2. The highest BCUT2D eigenvalue weighted by molar-refractivity contribution is 5.95. The summed E-state index contributed by atoms with van der Waals surface area (Å²) in [4.78, 5) is 17.1. The standard InChI is InChI=1S/C18H25N5O/c1-12-9-10-22(4)15-7-5-6-8-16(15)23(12)11-17(24)19-18-13(2)20-21-14(18)3/h5-8,12H,9-11H2,1-4H3,(H,19,24)(H,20,21)/t12-/m1/s1. The molecule has 0 saturated heterocycles. The zero-order valence-corrected chi connectivity index (χ0v) is 14.8. The first-order valence-corrected chi connectivity index (χ1v) is 8.35. The van der Waals surface area contributed by atoms with Crippen LogP contribution in [0.15, 0.2) is 24.3 Å². The normalized spacial score (nSPS) is 17.4. The summed E-state index contributed by atoms with van der Waals surface area (Å²) in [5.41, 5.74) is 4.76. The molecule has 1 aromatic heterocycles. The van der Waals surface area contributed by atoms with Crippen molar-refractivity contribution in [2.45, 2.75) is 33.2 Å². The summed E-state index contributed by atoms with van der Waals surface area (Å²) in [6, 6.07) is 8.58. The molecule has 1 aliphatic rings. The van der Waals surface area contributed by atoms with Crippen LogP contribution in [0.25, 0.3) is 0 Å². The molecule has 0 bridgehead atoms. The van der Waals surface area contributed by atoms with Gasteiger partial charge in [0.1, 0.15) is 0 Å². The lowest BCUT2D eigenvalue weighted by Crippen LogP contribution is -2.39. The van der Waals surface area contributed by atoms with Gasteiger partial charge in [0.25, 0.3) is 0 Å². The number of benzene rings is 1. The number of H-pyrrole nitrogens is 1. The molecular weight excluding hydrogens is 302 g/mol. The Bertz CT molecular complexity index is 719. The van der Waals surface area contributed by atoms with Crippen molar-refractivity contribution in [1.29, 1.82) is 0 Å². The summed E-state index contributed by atoms with van der Waals surface area (Å²) in [5, 5.41) is 10.0. The number of anilines is 3. The molecule has 2 N–H and O–H groups in total. The Morgan fingerprint density at radius 2 is 2.04 bits per heavy atom. The number of aromatic nitrogens is 2. The van der Waals surface area contributed by atoms with E-state index in [9.17, 15) is 4.79 Å². The minimum Gasteiger partial charge on any atom is -0.373 e. The van der Waals surface area contributed by atoms with Crippen LogP contribution in [0, 0.1) is 13.8 Å². The van der Waals surface area contributed by atoms with Crippen LogP contribution >= 0.6 is 0 Å². The van der Waals surface area contributed by atoms with Gasteiger partial charge in [-0.25, -0.2) is 0 Å². The summed E-state index contributed by atoms with van der Waals surface area (Å²) >= 11 is 0. The molecule has 24 heavy (non-hydrogen) atoms. The van der Waals surface area contributed by atoms with Gasteiger partial charge < -0.3 is 15.1 Å². The van der Waals surface area contributed by atoms with E-state index in [0.29, 0.717) is 12.6 Å². The average molecular weight is 327 g/mol. The smallest absolute Gasteiger partial charge is 0.244 e. The van der Waals surface area contributed by atoms with E-state index in [1.807, 2.05) is 26.0 Å². The van der Waals surface area contributed by atoms with Gasteiger partial charge in [-0.2, -0.15) is 5.10 Å². The number of fused-ring (bicyclic) bond motifs is 1. The Hall–Kier alpha value is -2.50. The van der Waals surface area contributed by atoms with Crippen molar-refractivity contribution in [3.8, 4) is 0 Å². The number of nitrogens with zero attached hydrogens (tertiary/aromatic N) is 3. The molecule has 128 valence electrons. The predicted octanol–water partition coefficient (Wildman–Crippen LogP) is 2.70. The van der Waals surface area contributed by atoms with E-state index in [4.69, 9.17) is 0 Å². The second-order valence-corrected chi connectivity index (χ2v) is 6.53. The molecule has 0 unspecified atom stereocenters. The van der Waals surface area contributed by atoms with Gasteiger partial charge in [0.05, 0.1) is 35.0 Å². The van der Waals surface area contributed by atoms with Gasteiger partial charge in [0, 0.05) is 19.6 Å². The molecule has 3 rings (SSSR count). The molecule has 1 amide bonds. The lowest BCUT2D eigenvalue weighted by atomic mass is 10.2. The fraction of sp³-hybridized carbons (Fsp3) is 0.444. The van der Waals surface area contributed by atoms with E-state index >= 15 is 0 Å². The lowest BCUT2D eigenvalue weighted by Gasteiger charge is -2.30. The Morgan fingerprint density at radius 1 is 1.33 bits per heavy atom. The molecule has 0 radical (unpaired) electrons. The molecular formula is C18H25N5O. The van der Waals surface area contributed by atoms with E-state index in [0.717, 1.165) is 35.7 Å². The van der Waals surface area contributed by atoms with Gasteiger partial charge in [-0.15, -0.1) is 0 Å². The molecule has 6 heteroatoms. The largest absolute Gasteiger partial charge is 0.373 e. The van der Waals surface area contributed by atoms with Crippen molar-refractivity contribution in [3.63, 3.8) is 0 Å². The molecule has 2 heterocycles. The topological polar surface area (TPSA) is 64.3 Å². The number of amides is 1. The highest BCUT2D eigenvalue weighted by Gasteiger charge is 2.25. The minimum atomic E-state index is -0.0196. The number of carbonyl (C=O) groups is 1. The molecule has 0 spiro atoms. The minimum absolute atomic E-state index is 0.0196. The summed E-state index contributed by atoms with van der Waals surface area (Å²) in [6.07, 6.45) is 1.02. The highest BCUT2D eigenvalue weighted by atomic mass is 16.2. The van der Waals surface area contributed by atoms with Crippen LogP contribution in [0.4, 0.5) is 17.1 Å². The van der Waals surface area contributed by atoms with Crippen LogP contribution in [0.5, 0.6) is 0 Å². The van der Waals surface area contributed by atoms with E-state index in [1.165, 1.54) is 5.69 Å². The Morgan fingerprint density at radius 3 is 2.71 bits per heavy atom. The van der Waals surface area contributed by atoms with Gasteiger partial charge in [0.15, 0.2) is 0 Å². The maximum atomic E-state index is 12.6. The van der Waals surface area contributed by atoms with Crippen LogP contribution < -0.4 is 15.1 Å². The first kappa shape index (κ1) is 16.4. The lowest BCUT2D eigenvalue weighted by molar-refractivity contribution is -0.115. The number of aryl methyl sites for hydroxylation is 2. The number of aromatic amines is 1. The first-order valence-electron chi connectivity index (χ1n) is 8.35. The van der Waals surface area contributed by atoms with Gasteiger partial charge in [0.2, 0.25) is 5.91 Å². The number of hydrogen-bond donors (Lipinski definition) is 2. The fourth-order valence-electron chi connectivity index (χ4n) is 3.23. The zero-order chi connectivity index (χ0) is 17.3. The summed E-state index contributed by atoms with van der Waals surface area (Å²) in [7, 11) is 2.10. The van der Waals surface area contributed by atoms with E-state index in [-0.39, 0.29) is 5.91 Å². The van der Waals surface area contributed by atoms with Crippen LogP contribution in [0.2, 0.25) is 0 Å². The molecule has 0 aliphatic carbocycles. The predicted molar refractivity (Wildman–Crippen MR) is 97.8 cm³/mol. The Kier molecular flexibility index (Phi) is 4.46. The fourth-order valence-corrected chi connectivity index (χ4v) is 3.23. The van der Waals surface area contributed by atoms with E-state index < -0.39 is 0 Å². The Balaban J connectivity index is 1.82. The monoisotopic (exact) mass is 327 g/mol. The van der Waals surface area contributed by atoms with Crippen molar-refractivity contribution in [2.24, 2.45) is 0 Å². The van der Waals surface area contributed by atoms with Gasteiger partial charge in [-0.1, -0.05) is 12.1 Å². The van der Waals surface area contributed by atoms with Gasteiger partial charge in [-0.3, -0.25) is 9.89 Å². The number of rotatable bonds is 3. The maximum absolute atomic E-state index is 12.6. The van der Waals surface area contributed by atoms with Crippen molar-refractivity contribution in [3.05, 3.63) is 35.7 Å². The summed E-state index contributed by atoms with van der Waals surface area (Å²) < 4.78 is 0. The molecule has 2 aromatic rings. The molecule has 0 saturated carbocycles. The molecule has 1 atom stereocenters. The van der Waals surface area contributed by atoms with Crippen molar-refractivity contribution < 1.29 is 4.79 Å². The van der Waals surface area contributed by atoms with Crippen molar-refractivity contribution in [1.82, 2.24) is 10.2 Å². The Labute approximate surface area is 142 Å². The van der Waals surface area contributed by atoms with Crippen molar-refractivity contribution in [2.75, 3.05) is 35.3 Å². The van der Waals surface area contributed by atoms with Crippen LogP contribution in [-0.4, -0.2) is 42.3 Å². The SMILES string of the molecule is Cc1n[nH]c(C)c1NC(=O)CN1c2ccccc2N(C)CC[C@H]1C. The average Bonchev–Trinajstić information content (AvgIpc) is 2.83.